The summed E-state index contributed by atoms with van der Waals surface area (Å²) in [5.74, 6) is -0.989. The maximum absolute atomic E-state index is 14.5. The number of carbonyl (C=O) groups is 10. The van der Waals surface area contributed by atoms with Gasteiger partial charge >= 0.3 is 18.1 Å². The summed E-state index contributed by atoms with van der Waals surface area (Å²) in [7, 11) is 4.99. The van der Waals surface area contributed by atoms with Crippen LogP contribution in [0.15, 0.2) is 29.6 Å². The summed E-state index contributed by atoms with van der Waals surface area (Å²) >= 11 is 1.08. The van der Waals surface area contributed by atoms with Gasteiger partial charge in [0.15, 0.2) is 6.10 Å². The Labute approximate surface area is 549 Å². The lowest BCUT2D eigenvalue weighted by atomic mass is 9.92. The number of carboxylic acids is 1. The van der Waals surface area contributed by atoms with E-state index in [9.17, 15) is 53.1 Å². The maximum Gasteiger partial charge on any atom is 0.407 e. The van der Waals surface area contributed by atoms with E-state index in [4.69, 9.17) is 35.3 Å². The van der Waals surface area contributed by atoms with E-state index in [0.29, 0.717) is 63.7 Å². The third-order valence-corrected chi connectivity index (χ3v) is 16.7. The number of ether oxygens (including phenoxy) is 5. The molecule has 1 fully saturated rings. The molecule has 0 spiro atoms. The average molecular weight is 1330 g/mol. The summed E-state index contributed by atoms with van der Waals surface area (Å²) in [4.78, 5) is 143. The highest BCUT2D eigenvalue weighted by Crippen LogP contribution is 2.31. The van der Waals surface area contributed by atoms with Gasteiger partial charge in [-0.25, -0.2) is 20.5 Å². The van der Waals surface area contributed by atoms with Crippen LogP contribution in [0.1, 0.15) is 133 Å². The van der Waals surface area contributed by atoms with E-state index in [2.05, 4.69) is 52.4 Å². The van der Waals surface area contributed by atoms with Gasteiger partial charge in [-0.3, -0.25) is 48.1 Å². The van der Waals surface area contributed by atoms with Crippen LogP contribution in [0.2, 0.25) is 0 Å². The van der Waals surface area contributed by atoms with Gasteiger partial charge in [-0.2, -0.15) is 0 Å². The Morgan fingerprint density at radius 2 is 1.42 bits per heavy atom. The first-order valence-corrected chi connectivity index (χ1v) is 32.7. The van der Waals surface area contributed by atoms with Crippen molar-refractivity contribution >= 4 is 76.5 Å². The molecule has 9 atom stereocenters. The van der Waals surface area contributed by atoms with Crippen LogP contribution in [-0.2, 0) is 68.5 Å². The number of hydrogen-bond acceptors (Lipinski definition) is 20. The molecular weight excluding hydrogens is 1230 g/mol. The van der Waals surface area contributed by atoms with Crippen molar-refractivity contribution in [2.75, 3.05) is 106 Å². The summed E-state index contributed by atoms with van der Waals surface area (Å²) in [6.45, 7) is 15.8. The van der Waals surface area contributed by atoms with Crippen molar-refractivity contribution in [2.45, 2.75) is 155 Å². The number of anilines is 1. The molecule has 1 aromatic carbocycles. The second kappa shape index (κ2) is 43.7. The van der Waals surface area contributed by atoms with E-state index in [-0.39, 0.29) is 118 Å². The van der Waals surface area contributed by atoms with Crippen LogP contribution in [0.25, 0.3) is 0 Å². The Kier molecular flexibility index (Phi) is 37.6. The molecule has 2 aromatic rings. The van der Waals surface area contributed by atoms with Gasteiger partial charge in [0.2, 0.25) is 35.4 Å². The maximum atomic E-state index is 14.5. The number of carbonyl (C=O) groups excluding carboxylic acids is 9. The molecule has 524 valence electrons. The number of primary amides is 1. The minimum Gasteiger partial charge on any atom is -0.481 e. The molecule has 0 saturated carbocycles. The predicted molar refractivity (Wildman–Crippen MR) is 346 cm³/mol. The van der Waals surface area contributed by atoms with E-state index in [1.165, 1.54) is 19.4 Å². The number of urea groups is 1. The number of likely N-dealkylation sites (tertiary alicyclic amines) is 1. The predicted octanol–water partition coefficient (Wildman–Crippen LogP) is 2.36. The highest BCUT2D eigenvalue weighted by Gasteiger charge is 2.38. The molecule has 0 radical (unpaired) electrons. The van der Waals surface area contributed by atoms with Gasteiger partial charge < -0.3 is 82.0 Å². The Morgan fingerprint density at radius 3 is 2.00 bits per heavy atom. The molecule has 0 unspecified atom stereocenters. The van der Waals surface area contributed by atoms with Gasteiger partial charge in [-0.15, -0.1) is 11.3 Å². The Balaban J connectivity index is 1.66. The SMILES string of the molecule is CC[C@H](C)[C@H](NC(=O)[C@H]1CCCCN1C)C(=O)N(C)[C@H](C[C@@H](OC(=O)NC)c1nc(C(=O)N[C@@H](Cc2ccc(NC(=O)[C@H](CCCNC(N)=O)NC(=O)[C@@H](NC(=O)CCOCCOCCOCCOCCNC(=O)CON)C(C)C)cc2)C[C@H](C)C(=O)O)cs1)C(C)C. The second-order valence-corrected chi connectivity index (χ2v) is 24.6. The van der Waals surface area contributed by atoms with E-state index in [0.717, 1.165) is 30.7 Å². The molecule has 0 bridgehead atoms. The summed E-state index contributed by atoms with van der Waals surface area (Å²) in [6.07, 6.45) is 1.99. The largest absolute Gasteiger partial charge is 0.481 e. The zero-order valence-electron chi connectivity index (χ0n) is 55.7. The molecule has 1 aromatic heterocycles. The van der Waals surface area contributed by atoms with E-state index in [1.54, 1.807) is 50.1 Å². The number of piperidine rings is 1. The van der Waals surface area contributed by atoms with Crippen molar-refractivity contribution in [2.24, 2.45) is 35.3 Å². The molecule has 93 heavy (non-hydrogen) atoms. The lowest BCUT2D eigenvalue weighted by Gasteiger charge is -2.38. The van der Waals surface area contributed by atoms with E-state index in [1.807, 2.05) is 39.6 Å². The fourth-order valence-electron chi connectivity index (χ4n) is 10.1. The number of thiazole rings is 1. The molecule has 1 aliphatic rings. The van der Waals surface area contributed by atoms with Crippen LogP contribution < -0.4 is 54.2 Å². The van der Waals surface area contributed by atoms with Crippen molar-refractivity contribution in [3.05, 3.63) is 45.9 Å². The number of rotatable bonds is 45. The standard InChI is InChI=1S/C62H103N13O17S/c1-11-40(6)53(73-56(80)47-16-12-13-24-74(47)9)59(82)75(10)48(38(2)3)35-49(92-62(86)65-8)58-71-46(37-93-58)55(79)69-44(33-41(7)60(83)84)34-42-17-19-43(20-18-42)68-54(78)45(15-14-22-67-61(63)85)70-57(81)52(39(4)5)72-50(76)21-25-87-27-29-89-31-32-90-30-28-88-26-23-66-51(77)36-91-64/h17-20,37-41,44-45,47-49,52-53H,11-16,21-36,64H2,1-10H3,(H,65,86)(H,66,77)(H,68,78)(H,69,79)(H,70,81)(H,72,76)(H,73,80)(H,83,84)(H3,63,67,85)/t40-,41-,44+,45-,47+,48+,49+,52-,53-/m0/s1. The second-order valence-electron chi connectivity index (χ2n) is 23.8. The first-order chi connectivity index (χ1) is 44.3. The van der Waals surface area contributed by atoms with Crippen LogP contribution >= 0.6 is 11.3 Å². The van der Waals surface area contributed by atoms with Crippen molar-refractivity contribution in [3.8, 4) is 0 Å². The van der Waals surface area contributed by atoms with Crippen molar-refractivity contribution in [3.63, 3.8) is 0 Å². The number of nitrogens with two attached hydrogens (primary N) is 2. The topological polar surface area (TPSA) is 414 Å². The highest BCUT2D eigenvalue weighted by molar-refractivity contribution is 7.09. The molecular formula is C62H103N13O17S. The Bertz CT molecular complexity index is 2650. The van der Waals surface area contributed by atoms with Gasteiger partial charge in [-0.1, -0.05) is 73.4 Å². The lowest BCUT2D eigenvalue weighted by molar-refractivity contribution is -0.141. The number of alkyl carbamates (subject to hydrolysis) is 1. The minimum atomic E-state index is -1.13. The first kappa shape index (κ1) is 80.1. The zero-order valence-corrected chi connectivity index (χ0v) is 56.5. The molecule has 30 nitrogen and oxygen atoms in total. The van der Waals surface area contributed by atoms with E-state index >= 15 is 0 Å². The van der Waals surface area contributed by atoms with Gasteiger partial charge in [0.05, 0.1) is 64.8 Å². The molecule has 31 heteroatoms. The van der Waals surface area contributed by atoms with Crippen LogP contribution in [0, 0.1) is 23.7 Å². The highest BCUT2D eigenvalue weighted by atomic mass is 32.1. The van der Waals surface area contributed by atoms with Crippen LogP contribution in [0.4, 0.5) is 15.3 Å². The smallest absolute Gasteiger partial charge is 0.407 e. The molecule has 2 heterocycles. The lowest BCUT2D eigenvalue weighted by Crippen LogP contribution is -2.58. The third kappa shape index (κ3) is 30.2. The molecule has 10 amide bonds. The van der Waals surface area contributed by atoms with Crippen molar-refractivity contribution in [1.82, 2.24) is 52.0 Å². The number of likely N-dealkylation sites (N-methyl/N-ethyl adjacent to an activating group) is 2. The van der Waals surface area contributed by atoms with E-state index < -0.39 is 89.9 Å². The zero-order chi connectivity index (χ0) is 69.0. The van der Waals surface area contributed by atoms with Gasteiger partial charge in [0.25, 0.3) is 5.91 Å². The van der Waals surface area contributed by atoms with Crippen LogP contribution in [0.5, 0.6) is 0 Å². The molecule has 1 saturated heterocycles. The van der Waals surface area contributed by atoms with Crippen LogP contribution in [-0.4, -0.2) is 216 Å². The number of nitrogens with one attached hydrogen (secondary N) is 8. The number of carboxylic acid groups (broad SMARTS) is 1. The Morgan fingerprint density at radius 1 is 0.774 bits per heavy atom. The van der Waals surface area contributed by atoms with Gasteiger partial charge in [-0.05, 0) is 87.6 Å². The minimum absolute atomic E-state index is 0.0145. The first-order valence-electron chi connectivity index (χ1n) is 31.9. The molecule has 13 N–H and O–H groups in total. The van der Waals surface area contributed by atoms with Gasteiger partial charge in [0, 0.05) is 63.2 Å². The third-order valence-electron chi connectivity index (χ3n) is 15.7. The number of amides is 10. The summed E-state index contributed by atoms with van der Waals surface area (Å²) in [5.41, 5.74) is 6.25. The fourth-order valence-corrected chi connectivity index (χ4v) is 10.9. The number of benzene rings is 1. The monoisotopic (exact) mass is 1330 g/mol. The normalized spacial score (nSPS) is 15.9. The summed E-state index contributed by atoms with van der Waals surface area (Å²) in [6, 6.07) is 1.27. The Hall–Kier alpha value is -7.13. The number of aromatic nitrogens is 1. The molecule has 0 aliphatic carbocycles. The molecule has 3 rings (SSSR count). The number of hydrogen-bond donors (Lipinski definition) is 11. The van der Waals surface area contributed by atoms with Crippen molar-refractivity contribution < 1.29 is 81.6 Å². The number of nitrogens with zero attached hydrogens (tertiary/aromatic N) is 3. The summed E-state index contributed by atoms with van der Waals surface area (Å²) in [5, 5.41) is 33.6. The van der Waals surface area contributed by atoms with Gasteiger partial charge in [0.1, 0.15) is 35.4 Å². The van der Waals surface area contributed by atoms with Crippen LogP contribution in [0.3, 0.4) is 0 Å². The fraction of sp³-hybridized carbons (Fsp3) is 0.694. The van der Waals surface area contributed by atoms with Crippen molar-refractivity contribution in [1.29, 1.82) is 0 Å². The molecule has 1 aliphatic heterocycles. The summed E-state index contributed by atoms with van der Waals surface area (Å²) < 4.78 is 27.7. The average Bonchev–Trinajstić information content (AvgIpc) is 1.95. The quantitative estimate of drug-likeness (QED) is 0.0335. The number of aliphatic carboxylic acids is 1.